The van der Waals surface area contributed by atoms with Crippen LogP contribution in [0.2, 0.25) is 0 Å². The van der Waals surface area contributed by atoms with Crippen molar-refractivity contribution < 1.29 is 9.90 Å². The van der Waals surface area contributed by atoms with Gasteiger partial charge in [-0.3, -0.25) is 0 Å². The molecule has 0 saturated heterocycles. The van der Waals surface area contributed by atoms with Gasteiger partial charge in [-0.2, -0.15) is 0 Å². The number of hydrogen-bond donors (Lipinski definition) is 1. The maximum atomic E-state index is 11.3. The molecule has 1 aromatic rings. The molecule has 4 saturated carbocycles. The molecule has 1 heterocycles. The highest BCUT2D eigenvalue weighted by Crippen LogP contribution is 2.59. The van der Waals surface area contributed by atoms with E-state index in [4.69, 9.17) is 0 Å². The molecule has 0 radical (unpaired) electrons. The summed E-state index contributed by atoms with van der Waals surface area (Å²) in [7, 11) is 0. The summed E-state index contributed by atoms with van der Waals surface area (Å²) < 4.78 is 2.29. The van der Waals surface area contributed by atoms with Crippen LogP contribution >= 0.6 is 0 Å². The molecule has 4 aliphatic carbocycles. The van der Waals surface area contributed by atoms with Crippen molar-refractivity contribution in [1.82, 2.24) is 9.55 Å². The van der Waals surface area contributed by atoms with Crippen LogP contribution in [-0.4, -0.2) is 20.6 Å². The van der Waals surface area contributed by atoms with Gasteiger partial charge in [-0.25, -0.2) is 9.78 Å². The molecule has 5 rings (SSSR count). The summed E-state index contributed by atoms with van der Waals surface area (Å²) in [4.78, 5) is 15.7. The lowest BCUT2D eigenvalue weighted by molar-refractivity contribution is -0.0449. The van der Waals surface area contributed by atoms with E-state index in [1.807, 2.05) is 13.8 Å². The van der Waals surface area contributed by atoms with Crippen molar-refractivity contribution in [2.45, 2.75) is 57.9 Å². The Hall–Kier alpha value is -1.32. The molecule has 0 aromatic carbocycles. The summed E-state index contributed by atoms with van der Waals surface area (Å²) in [6.45, 7) is 3.90. The predicted octanol–water partition coefficient (Wildman–Crippen LogP) is 3.12. The first kappa shape index (κ1) is 12.4. The number of aryl methyl sites for hydroxylation is 1. The minimum absolute atomic E-state index is 0.170. The van der Waals surface area contributed by atoms with Gasteiger partial charge in [-0.05, 0) is 70.1 Å². The number of imidazole rings is 1. The monoisotopic (exact) mass is 274 g/mol. The summed E-state index contributed by atoms with van der Waals surface area (Å²) in [5, 5.41) is 9.31. The van der Waals surface area contributed by atoms with E-state index < -0.39 is 5.97 Å². The predicted molar refractivity (Wildman–Crippen MR) is 74.8 cm³/mol. The lowest BCUT2D eigenvalue weighted by Gasteiger charge is -2.57. The average Bonchev–Trinajstić information content (AvgIpc) is 2.63. The van der Waals surface area contributed by atoms with E-state index in [1.54, 1.807) is 0 Å². The van der Waals surface area contributed by atoms with E-state index >= 15 is 0 Å². The molecule has 1 N–H and O–H groups in total. The summed E-state index contributed by atoms with van der Waals surface area (Å²) in [6.07, 6.45) is 7.90. The van der Waals surface area contributed by atoms with Gasteiger partial charge in [0.1, 0.15) is 5.82 Å². The normalized spacial score (nSPS) is 38.4. The lowest BCUT2D eigenvalue weighted by Crippen LogP contribution is -2.52. The average molecular weight is 274 g/mol. The number of aromatic carboxylic acids is 1. The van der Waals surface area contributed by atoms with Crippen molar-refractivity contribution in [1.29, 1.82) is 0 Å². The minimum atomic E-state index is -0.894. The van der Waals surface area contributed by atoms with E-state index in [9.17, 15) is 9.90 Å². The summed E-state index contributed by atoms with van der Waals surface area (Å²) in [5.41, 5.74) is 1.28. The molecule has 20 heavy (non-hydrogen) atoms. The zero-order chi connectivity index (χ0) is 14.1. The van der Waals surface area contributed by atoms with Crippen molar-refractivity contribution in [3.63, 3.8) is 0 Å². The van der Waals surface area contributed by atoms with Gasteiger partial charge in [0.2, 0.25) is 0 Å². The van der Waals surface area contributed by atoms with Crippen LogP contribution in [0.5, 0.6) is 0 Å². The van der Waals surface area contributed by atoms with Gasteiger partial charge in [-0.1, -0.05) is 0 Å². The van der Waals surface area contributed by atoms with E-state index in [1.165, 1.54) is 38.5 Å². The van der Waals surface area contributed by atoms with E-state index in [-0.39, 0.29) is 11.2 Å². The van der Waals surface area contributed by atoms with Crippen molar-refractivity contribution in [3.05, 3.63) is 17.2 Å². The molecular weight excluding hydrogens is 252 g/mol. The van der Waals surface area contributed by atoms with Crippen LogP contribution in [0.4, 0.5) is 0 Å². The highest BCUT2D eigenvalue weighted by molar-refractivity contribution is 5.86. The summed E-state index contributed by atoms with van der Waals surface area (Å²) >= 11 is 0. The maximum Gasteiger partial charge on any atom is 0.356 e. The molecule has 4 fully saturated rings. The van der Waals surface area contributed by atoms with E-state index in [2.05, 4.69) is 9.55 Å². The van der Waals surface area contributed by atoms with Gasteiger partial charge in [0.15, 0.2) is 5.69 Å². The second kappa shape index (κ2) is 3.86. The van der Waals surface area contributed by atoms with Crippen LogP contribution in [0.1, 0.15) is 60.5 Å². The van der Waals surface area contributed by atoms with Crippen molar-refractivity contribution in [3.8, 4) is 0 Å². The molecule has 4 heteroatoms. The SMILES string of the molecule is Cc1nc(C(=O)O)c(C)n1C12CC3CC(CC(C3)C1)C2. The van der Waals surface area contributed by atoms with Crippen LogP contribution in [0, 0.1) is 31.6 Å². The first-order chi connectivity index (χ1) is 9.48. The van der Waals surface area contributed by atoms with Crippen molar-refractivity contribution >= 4 is 5.97 Å². The van der Waals surface area contributed by atoms with E-state index in [0.29, 0.717) is 0 Å². The zero-order valence-electron chi connectivity index (χ0n) is 12.2. The molecule has 0 atom stereocenters. The van der Waals surface area contributed by atoms with Gasteiger partial charge in [0.25, 0.3) is 0 Å². The fourth-order valence-corrected chi connectivity index (χ4v) is 5.88. The second-order valence-corrected chi connectivity index (χ2v) is 7.38. The molecular formula is C16H22N2O2. The molecule has 0 amide bonds. The van der Waals surface area contributed by atoms with Gasteiger partial charge < -0.3 is 9.67 Å². The third-order valence-corrected chi connectivity index (χ3v) is 5.96. The highest BCUT2D eigenvalue weighted by Gasteiger charge is 2.52. The molecule has 4 bridgehead atoms. The number of aromatic nitrogens is 2. The van der Waals surface area contributed by atoms with Gasteiger partial charge in [0.05, 0.1) is 0 Å². The Kier molecular flexibility index (Phi) is 2.40. The molecule has 1 aromatic heterocycles. The molecule has 0 unspecified atom stereocenters. The Balaban J connectivity index is 1.83. The molecule has 108 valence electrons. The zero-order valence-corrected chi connectivity index (χ0v) is 12.2. The molecule has 0 spiro atoms. The van der Waals surface area contributed by atoms with Crippen molar-refractivity contribution in [2.75, 3.05) is 0 Å². The Bertz CT molecular complexity index is 552. The van der Waals surface area contributed by atoms with Crippen LogP contribution in [-0.2, 0) is 5.54 Å². The Labute approximate surface area is 119 Å². The number of carboxylic acid groups (broad SMARTS) is 1. The first-order valence-corrected chi connectivity index (χ1v) is 7.78. The first-order valence-electron chi connectivity index (χ1n) is 7.78. The Morgan fingerprint density at radius 2 is 1.65 bits per heavy atom. The molecule has 4 aliphatic rings. The number of nitrogens with zero attached hydrogens (tertiary/aromatic N) is 2. The van der Waals surface area contributed by atoms with Crippen LogP contribution in [0.3, 0.4) is 0 Å². The maximum absolute atomic E-state index is 11.3. The number of rotatable bonds is 2. The van der Waals surface area contributed by atoms with Crippen LogP contribution in [0.15, 0.2) is 0 Å². The fraction of sp³-hybridized carbons (Fsp3) is 0.750. The quantitative estimate of drug-likeness (QED) is 0.901. The standard InChI is InChI=1S/C16H22N2O2/c1-9-14(15(19)20)17-10(2)18(9)16-6-11-3-12(7-16)5-13(4-11)8-16/h11-13H,3-8H2,1-2H3,(H,19,20). The Morgan fingerprint density at radius 3 is 2.05 bits per heavy atom. The second-order valence-electron chi connectivity index (χ2n) is 7.38. The number of carboxylic acids is 1. The van der Waals surface area contributed by atoms with E-state index in [0.717, 1.165) is 29.3 Å². The van der Waals surface area contributed by atoms with Gasteiger partial charge >= 0.3 is 5.97 Å². The third-order valence-electron chi connectivity index (χ3n) is 5.96. The number of hydrogen-bond acceptors (Lipinski definition) is 2. The summed E-state index contributed by atoms with van der Waals surface area (Å²) in [6, 6.07) is 0. The number of carbonyl (C=O) groups is 1. The highest BCUT2D eigenvalue weighted by atomic mass is 16.4. The summed E-state index contributed by atoms with van der Waals surface area (Å²) in [5.74, 6) is 2.57. The lowest BCUT2D eigenvalue weighted by atomic mass is 9.53. The van der Waals surface area contributed by atoms with Crippen LogP contribution in [0.25, 0.3) is 0 Å². The largest absolute Gasteiger partial charge is 0.476 e. The molecule has 0 aliphatic heterocycles. The molecule has 4 nitrogen and oxygen atoms in total. The minimum Gasteiger partial charge on any atom is -0.476 e. The van der Waals surface area contributed by atoms with Gasteiger partial charge in [-0.15, -0.1) is 0 Å². The van der Waals surface area contributed by atoms with Crippen molar-refractivity contribution in [2.24, 2.45) is 17.8 Å². The smallest absolute Gasteiger partial charge is 0.356 e. The fourth-order valence-electron chi connectivity index (χ4n) is 5.88. The Morgan fingerprint density at radius 1 is 1.15 bits per heavy atom. The van der Waals surface area contributed by atoms with Crippen LogP contribution < -0.4 is 0 Å². The topological polar surface area (TPSA) is 55.1 Å². The third kappa shape index (κ3) is 1.54. The van der Waals surface area contributed by atoms with Gasteiger partial charge in [0, 0.05) is 11.2 Å².